The molecular formula is C16H18BrNO2. The van der Waals surface area contributed by atoms with Crippen LogP contribution in [0.5, 0.6) is 0 Å². The Labute approximate surface area is 127 Å². The molecular weight excluding hydrogens is 318 g/mol. The van der Waals surface area contributed by atoms with Crippen LogP contribution in [0.15, 0.2) is 16.6 Å². The van der Waals surface area contributed by atoms with Crippen LogP contribution in [-0.2, 0) is 9.59 Å². The number of aryl methyl sites for hydroxylation is 2. The summed E-state index contributed by atoms with van der Waals surface area (Å²) in [5, 5.41) is 0. The first-order valence-corrected chi connectivity index (χ1v) is 7.94. The zero-order valence-electron chi connectivity index (χ0n) is 11.8. The molecule has 20 heavy (non-hydrogen) atoms. The van der Waals surface area contributed by atoms with Crippen molar-refractivity contribution in [1.82, 2.24) is 0 Å². The number of amides is 2. The van der Waals surface area contributed by atoms with Gasteiger partial charge in [0.15, 0.2) is 0 Å². The van der Waals surface area contributed by atoms with Gasteiger partial charge in [-0.25, -0.2) is 4.90 Å². The summed E-state index contributed by atoms with van der Waals surface area (Å²) in [5.41, 5.74) is 2.73. The van der Waals surface area contributed by atoms with E-state index in [-0.39, 0.29) is 23.7 Å². The highest BCUT2D eigenvalue weighted by Crippen LogP contribution is 2.42. The molecule has 1 aromatic carbocycles. The molecule has 2 aliphatic rings. The molecule has 1 aliphatic carbocycles. The number of anilines is 1. The number of carbonyl (C=O) groups is 2. The van der Waals surface area contributed by atoms with Gasteiger partial charge < -0.3 is 0 Å². The minimum absolute atomic E-state index is 0.00761. The summed E-state index contributed by atoms with van der Waals surface area (Å²) >= 11 is 3.46. The predicted molar refractivity (Wildman–Crippen MR) is 81.6 cm³/mol. The van der Waals surface area contributed by atoms with Gasteiger partial charge in [0.25, 0.3) is 0 Å². The number of imide groups is 1. The van der Waals surface area contributed by atoms with Crippen molar-refractivity contribution in [2.75, 3.05) is 4.90 Å². The summed E-state index contributed by atoms with van der Waals surface area (Å²) in [6.45, 7) is 3.91. The summed E-state index contributed by atoms with van der Waals surface area (Å²) in [6, 6.07) is 3.93. The molecule has 2 amide bonds. The first kappa shape index (κ1) is 13.8. The molecule has 1 saturated carbocycles. The first-order chi connectivity index (χ1) is 9.50. The monoisotopic (exact) mass is 335 g/mol. The van der Waals surface area contributed by atoms with Gasteiger partial charge in [-0.05, 0) is 49.9 Å². The molecule has 1 saturated heterocycles. The van der Waals surface area contributed by atoms with Crippen LogP contribution in [0.4, 0.5) is 5.69 Å². The largest absolute Gasteiger partial charge is 0.274 e. The van der Waals surface area contributed by atoms with E-state index in [4.69, 9.17) is 0 Å². The second-order valence-electron chi connectivity index (χ2n) is 5.90. The smallest absolute Gasteiger partial charge is 0.237 e. The van der Waals surface area contributed by atoms with Crippen LogP contribution in [0.25, 0.3) is 0 Å². The third-order valence-corrected chi connectivity index (χ3v) is 4.98. The SMILES string of the molecule is Cc1cc(Br)cc(C)c1N1C(=O)[C@H]2CCCC[C@@H]2C1=O. The maximum absolute atomic E-state index is 12.6. The third kappa shape index (κ3) is 2.01. The lowest BCUT2D eigenvalue weighted by molar-refractivity contribution is -0.122. The van der Waals surface area contributed by atoms with Crippen LogP contribution < -0.4 is 4.90 Å². The molecule has 2 fully saturated rings. The minimum Gasteiger partial charge on any atom is -0.274 e. The normalized spacial score (nSPS) is 26.1. The van der Waals surface area contributed by atoms with E-state index >= 15 is 0 Å². The van der Waals surface area contributed by atoms with Crippen molar-refractivity contribution in [3.8, 4) is 0 Å². The fraction of sp³-hybridized carbons (Fsp3) is 0.500. The number of nitrogens with zero attached hydrogens (tertiary/aromatic N) is 1. The van der Waals surface area contributed by atoms with Crippen LogP contribution in [0.3, 0.4) is 0 Å². The second-order valence-corrected chi connectivity index (χ2v) is 6.81. The quantitative estimate of drug-likeness (QED) is 0.733. The molecule has 3 rings (SSSR count). The van der Waals surface area contributed by atoms with Crippen LogP contribution in [0.1, 0.15) is 36.8 Å². The zero-order valence-corrected chi connectivity index (χ0v) is 13.4. The van der Waals surface area contributed by atoms with Gasteiger partial charge in [0, 0.05) is 4.47 Å². The summed E-state index contributed by atoms with van der Waals surface area (Å²) < 4.78 is 0.979. The molecule has 4 heteroatoms. The van der Waals surface area contributed by atoms with Gasteiger partial charge in [0.05, 0.1) is 17.5 Å². The van der Waals surface area contributed by atoms with E-state index in [2.05, 4.69) is 15.9 Å². The highest BCUT2D eigenvalue weighted by Gasteiger charge is 2.49. The molecule has 0 N–H and O–H groups in total. The average Bonchev–Trinajstić information content (AvgIpc) is 2.64. The Morgan fingerprint density at radius 2 is 1.45 bits per heavy atom. The molecule has 1 heterocycles. The molecule has 106 valence electrons. The topological polar surface area (TPSA) is 37.4 Å². The lowest BCUT2D eigenvalue weighted by atomic mass is 9.81. The Balaban J connectivity index is 2.06. The van der Waals surface area contributed by atoms with Gasteiger partial charge in [0.2, 0.25) is 11.8 Å². The summed E-state index contributed by atoms with van der Waals surface area (Å²) in [6.07, 6.45) is 3.85. The standard InChI is InChI=1S/C16H18BrNO2/c1-9-7-11(17)8-10(2)14(9)18-15(19)12-5-3-4-6-13(12)16(18)20/h7-8,12-13H,3-6H2,1-2H3/t12-,13-/m0/s1. The summed E-state index contributed by atoms with van der Waals surface area (Å²) in [7, 11) is 0. The van der Waals surface area contributed by atoms with Crippen LogP contribution in [0.2, 0.25) is 0 Å². The molecule has 0 aromatic heterocycles. The van der Waals surface area contributed by atoms with E-state index in [1.807, 2.05) is 26.0 Å². The highest BCUT2D eigenvalue weighted by molar-refractivity contribution is 9.10. The number of hydrogen-bond acceptors (Lipinski definition) is 2. The molecule has 0 spiro atoms. The molecule has 1 aliphatic heterocycles. The number of hydrogen-bond donors (Lipinski definition) is 0. The van der Waals surface area contributed by atoms with E-state index in [1.54, 1.807) is 0 Å². The van der Waals surface area contributed by atoms with Crippen molar-refractivity contribution in [3.05, 3.63) is 27.7 Å². The van der Waals surface area contributed by atoms with Crippen LogP contribution >= 0.6 is 15.9 Å². The van der Waals surface area contributed by atoms with E-state index in [1.165, 1.54) is 4.90 Å². The van der Waals surface area contributed by atoms with Crippen molar-refractivity contribution in [2.45, 2.75) is 39.5 Å². The average molecular weight is 336 g/mol. The third-order valence-electron chi connectivity index (χ3n) is 4.52. The van der Waals surface area contributed by atoms with E-state index in [0.717, 1.165) is 47.0 Å². The van der Waals surface area contributed by atoms with Gasteiger partial charge in [0.1, 0.15) is 0 Å². The predicted octanol–water partition coefficient (Wildman–Crippen LogP) is 3.75. The molecule has 0 radical (unpaired) electrons. The second kappa shape index (κ2) is 4.99. The van der Waals surface area contributed by atoms with Gasteiger partial charge >= 0.3 is 0 Å². The van der Waals surface area contributed by atoms with E-state index in [0.29, 0.717) is 0 Å². The van der Waals surface area contributed by atoms with Crippen molar-refractivity contribution >= 4 is 33.4 Å². The number of carbonyl (C=O) groups excluding carboxylic acids is 2. The number of rotatable bonds is 1. The van der Waals surface area contributed by atoms with Crippen molar-refractivity contribution < 1.29 is 9.59 Å². The Bertz CT molecular complexity index is 549. The fourth-order valence-corrected chi connectivity index (χ4v) is 4.33. The maximum atomic E-state index is 12.6. The summed E-state index contributed by atoms with van der Waals surface area (Å²) in [4.78, 5) is 26.7. The summed E-state index contributed by atoms with van der Waals surface area (Å²) in [5.74, 6) is -0.154. The van der Waals surface area contributed by atoms with Gasteiger partial charge in [-0.3, -0.25) is 9.59 Å². The molecule has 1 aromatic rings. The zero-order chi connectivity index (χ0) is 14.4. The fourth-order valence-electron chi connectivity index (χ4n) is 3.64. The molecule has 0 bridgehead atoms. The number of halogens is 1. The number of benzene rings is 1. The molecule has 3 nitrogen and oxygen atoms in total. The van der Waals surface area contributed by atoms with E-state index < -0.39 is 0 Å². The Kier molecular flexibility index (Phi) is 3.44. The lowest BCUT2D eigenvalue weighted by Gasteiger charge is -2.20. The lowest BCUT2D eigenvalue weighted by Crippen LogP contribution is -2.32. The minimum atomic E-state index is -0.0845. The maximum Gasteiger partial charge on any atom is 0.237 e. The molecule has 0 unspecified atom stereocenters. The van der Waals surface area contributed by atoms with Gasteiger partial charge in [-0.1, -0.05) is 28.8 Å². The van der Waals surface area contributed by atoms with Crippen molar-refractivity contribution in [1.29, 1.82) is 0 Å². The van der Waals surface area contributed by atoms with E-state index in [9.17, 15) is 9.59 Å². The van der Waals surface area contributed by atoms with Crippen LogP contribution in [-0.4, -0.2) is 11.8 Å². The Morgan fingerprint density at radius 1 is 1.00 bits per heavy atom. The Hall–Kier alpha value is -1.16. The van der Waals surface area contributed by atoms with Crippen molar-refractivity contribution in [3.63, 3.8) is 0 Å². The first-order valence-electron chi connectivity index (χ1n) is 7.15. The van der Waals surface area contributed by atoms with Crippen molar-refractivity contribution in [2.24, 2.45) is 11.8 Å². The number of fused-ring (bicyclic) bond motifs is 1. The van der Waals surface area contributed by atoms with Gasteiger partial charge in [-0.15, -0.1) is 0 Å². The van der Waals surface area contributed by atoms with Crippen LogP contribution in [0, 0.1) is 25.7 Å². The highest BCUT2D eigenvalue weighted by atomic mass is 79.9. The Morgan fingerprint density at radius 3 is 1.90 bits per heavy atom. The van der Waals surface area contributed by atoms with Gasteiger partial charge in [-0.2, -0.15) is 0 Å². The molecule has 2 atom stereocenters.